The van der Waals surface area contributed by atoms with Crippen molar-refractivity contribution in [3.63, 3.8) is 0 Å². The van der Waals surface area contributed by atoms with Gasteiger partial charge in [-0.05, 0) is 37.8 Å². The quantitative estimate of drug-likeness (QED) is 0.243. The van der Waals surface area contributed by atoms with Gasteiger partial charge in [-0.1, -0.05) is 25.0 Å². The van der Waals surface area contributed by atoms with Gasteiger partial charge in [-0.25, -0.2) is 0 Å². The van der Waals surface area contributed by atoms with Crippen molar-refractivity contribution in [3.05, 3.63) is 29.3 Å². The summed E-state index contributed by atoms with van der Waals surface area (Å²) >= 11 is 0. The van der Waals surface area contributed by atoms with Gasteiger partial charge in [0.15, 0.2) is 5.96 Å². The summed E-state index contributed by atoms with van der Waals surface area (Å²) in [5.74, 6) is 2.69. The zero-order valence-electron chi connectivity index (χ0n) is 15.6. The molecule has 0 bridgehead atoms. The summed E-state index contributed by atoms with van der Waals surface area (Å²) in [7, 11) is 1.81. The molecule has 1 saturated carbocycles. The average Bonchev–Trinajstić information content (AvgIpc) is 3.40. The van der Waals surface area contributed by atoms with E-state index < -0.39 is 0 Å². The van der Waals surface area contributed by atoms with Crippen LogP contribution in [0.25, 0.3) is 0 Å². The Kier molecular flexibility index (Phi) is 10.9. The van der Waals surface area contributed by atoms with E-state index in [2.05, 4.69) is 40.7 Å². The topological polar surface area (TPSA) is 54.9 Å². The molecule has 2 rings (SSSR count). The maximum Gasteiger partial charge on any atom is 0.191 e. The molecular weight excluding hydrogens is 429 g/mol. The fourth-order valence-corrected chi connectivity index (χ4v) is 2.50. The summed E-state index contributed by atoms with van der Waals surface area (Å²) in [4.78, 5) is 4.29. The SMILES string of the molecule is CCOCCOc1cc(C)ccc1CNC(=NC)NCCC1CC1.I. The molecule has 0 radical (unpaired) electrons. The summed E-state index contributed by atoms with van der Waals surface area (Å²) in [5.41, 5.74) is 2.32. The molecule has 0 amide bonds. The Hall–Kier alpha value is -1.02. The standard InChI is InChI=1S/C19H31N3O2.HI/c1-4-23-11-12-24-18-13-15(2)5-8-17(18)14-22-19(20-3)21-10-9-16-6-7-16;/h5,8,13,16H,4,6-7,9-12,14H2,1-3H3,(H2,20,21,22);1H. The van der Waals surface area contributed by atoms with Crippen molar-refractivity contribution in [2.24, 2.45) is 10.9 Å². The van der Waals surface area contributed by atoms with Crippen LogP contribution in [0.1, 0.15) is 37.3 Å². The highest BCUT2D eigenvalue weighted by atomic mass is 127. The maximum absolute atomic E-state index is 5.88. The molecule has 0 aliphatic heterocycles. The van der Waals surface area contributed by atoms with Crippen LogP contribution in [0.4, 0.5) is 0 Å². The number of ether oxygens (including phenoxy) is 2. The monoisotopic (exact) mass is 461 g/mol. The molecule has 6 heteroatoms. The number of benzene rings is 1. The van der Waals surface area contributed by atoms with E-state index in [0.717, 1.165) is 29.7 Å². The van der Waals surface area contributed by atoms with Crippen LogP contribution in [0.2, 0.25) is 0 Å². The Balaban J connectivity index is 0.00000312. The summed E-state index contributed by atoms with van der Waals surface area (Å²) in [5, 5.41) is 6.75. The van der Waals surface area contributed by atoms with Gasteiger partial charge in [0.25, 0.3) is 0 Å². The number of nitrogens with one attached hydrogen (secondary N) is 2. The van der Waals surface area contributed by atoms with E-state index in [-0.39, 0.29) is 24.0 Å². The molecule has 5 nitrogen and oxygen atoms in total. The highest BCUT2D eigenvalue weighted by Gasteiger charge is 2.20. The van der Waals surface area contributed by atoms with Gasteiger partial charge in [-0.15, -0.1) is 24.0 Å². The predicted octanol–water partition coefficient (Wildman–Crippen LogP) is 3.49. The van der Waals surface area contributed by atoms with Gasteiger partial charge < -0.3 is 20.1 Å². The summed E-state index contributed by atoms with van der Waals surface area (Å²) in [6.07, 6.45) is 4.01. The first-order chi connectivity index (χ1) is 11.7. The number of guanidine groups is 1. The van der Waals surface area contributed by atoms with Crippen molar-refractivity contribution in [3.8, 4) is 5.75 Å². The second-order valence-corrected chi connectivity index (χ2v) is 6.24. The molecular formula is C19H32IN3O2. The summed E-state index contributed by atoms with van der Waals surface area (Å²) < 4.78 is 11.2. The van der Waals surface area contributed by atoms with E-state index >= 15 is 0 Å². The Morgan fingerprint density at radius 1 is 1.24 bits per heavy atom. The molecule has 0 unspecified atom stereocenters. The lowest BCUT2D eigenvalue weighted by Crippen LogP contribution is -2.37. The van der Waals surface area contributed by atoms with Gasteiger partial charge in [0.1, 0.15) is 12.4 Å². The summed E-state index contributed by atoms with van der Waals surface area (Å²) in [6.45, 7) is 7.63. The van der Waals surface area contributed by atoms with Crippen molar-refractivity contribution in [1.82, 2.24) is 10.6 Å². The van der Waals surface area contributed by atoms with Crippen molar-refractivity contribution < 1.29 is 9.47 Å². The molecule has 1 aliphatic carbocycles. The van der Waals surface area contributed by atoms with Gasteiger partial charge in [0, 0.05) is 32.3 Å². The molecule has 0 atom stereocenters. The first kappa shape index (κ1) is 22.0. The van der Waals surface area contributed by atoms with Gasteiger partial charge in [-0.2, -0.15) is 0 Å². The number of nitrogens with zero attached hydrogens (tertiary/aromatic N) is 1. The highest BCUT2D eigenvalue weighted by molar-refractivity contribution is 14.0. The zero-order chi connectivity index (χ0) is 17.2. The first-order valence-corrected chi connectivity index (χ1v) is 8.97. The number of halogens is 1. The molecule has 0 spiro atoms. The molecule has 0 saturated heterocycles. The zero-order valence-corrected chi connectivity index (χ0v) is 18.0. The Morgan fingerprint density at radius 3 is 2.72 bits per heavy atom. The van der Waals surface area contributed by atoms with E-state index in [4.69, 9.17) is 9.47 Å². The van der Waals surface area contributed by atoms with Crippen LogP contribution in [0, 0.1) is 12.8 Å². The third-order valence-corrected chi connectivity index (χ3v) is 4.12. The van der Waals surface area contributed by atoms with Crippen LogP contribution < -0.4 is 15.4 Å². The predicted molar refractivity (Wildman–Crippen MR) is 114 cm³/mol. The van der Waals surface area contributed by atoms with Gasteiger partial charge in [-0.3, -0.25) is 4.99 Å². The maximum atomic E-state index is 5.88. The third kappa shape index (κ3) is 8.76. The Morgan fingerprint density at radius 2 is 2.04 bits per heavy atom. The molecule has 0 heterocycles. The van der Waals surface area contributed by atoms with E-state index in [1.54, 1.807) is 7.05 Å². The smallest absolute Gasteiger partial charge is 0.191 e. The van der Waals surface area contributed by atoms with Crippen LogP contribution in [0.15, 0.2) is 23.2 Å². The molecule has 142 valence electrons. The van der Waals surface area contributed by atoms with Gasteiger partial charge in [0.2, 0.25) is 0 Å². The third-order valence-electron chi connectivity index (χ3n) is 4.12. The van der Waals surface area contributed by atoms with Crippen molar-refractivity contribution in [2.45, 2.75) is 39.7 Å². The molecule has 1 aromatic carbocycles. The molecule has 0 aromatic heterocycles. The van der Waals surface area contributed by atoms with Crippen molar-refractivity contribution in [1.29, 1.82) is 0 Å². The average molecular weight is 461 g/mol. The normalized spacial score (nSPS) is 14.0. The lowest BCUT2D eigenvalue weighted by molar-refractivity contribution is 0.110. The second-order valence-electron chi connectivity index (χ2n) is 6.24. The number of rotatable bonds is 10. The first-order valence-electron chi connectivity index (χ1n) is 8.97. The van der Waals surface area contributed by atoms with Crippen molar-refractivity contribution in [2.75, 3.05) is 33.4 Å². The minimum atomic E-state index is 0. The van der Waals surface area contributed by atoms with E-state index in [9.17, 15) is 0 Å². The molecule has 25 heavy (non-hydrogen) atoms. The molecule has 1 aromatic rings. The fraction of sp³-hybridized carbons (Fsp3) is 0.632. The second kappa shape index (κ2) is 12.4. The van der Waals surface area contributed by atoms with Gasteiger partial charge >= 0.3 is 0 Å². The molecule has 1 aliphatic rings. The minimum absolute atomic E-state index is 0. The lowest BCUT2D eigenvalue weighted by atomic mass is 10.1. The van der Waals surface area contributed by atoms with Gasteiger partial charge in [0.05, 0.1) is 6.61 Å². The summed E-state index contributed by atoms with van der Waals surface area (Å²) in [6, 6.07) is 6.29. The number of hydrogen-bond acceptors (Lipinski definition) is 3. The Labute approximate surface area is 169 Å². The number of hydrogen-bond donors (Lipinski definition) is 2. The van der Waals surface area contributed by atoms with Crippen LogP contribution in [0.3, 0.4) is 0 Å². The lowest BCUT2D eigenvalue weighted by Gasteiger charge is -2.15. The Bertz CT molecular complexity index is 533. The fourth-order valence-electron chi connectivity index (χ4n) is 2.50. The highest BCUT2D eigenvalue weighted by Crippen LogP contribution is 2.31. The van der Waals surface area contributed by atoms with Crippen LogP contribution >= 0.6 is 24.0 Å². The van der Waals surface area contributed by atoms with E-state index in [1.807, 2.05) is 6.92 Å². The van der Waals surface area contributed by atoms with Crippen LogP contribution in [-0.2, 0) is 11.3 Å². The number of aryl methyl sites for hydroxylation is 1. The minimum Gasteiger partial charge on any atom is -0.491 e. The van der Waals surface area contributed by atoms with Crippen molar-refractivity contribution >= 4 is 29.9 Å². The van der Waals surface area contributed by atoms with Crippen LogP contribution in [0.5, 0.6) is 5.75 Å². The van der Waals surface area contributed by atoms with E-state index in [1.165, 1.54) is 24.8 Å². The van der Waals surface area contributed by atoms with Crippen LogP contribution in [-0.4, -0.2) is 39.4 Å². The van der Waals surface area contributed by atoms with E-state index in [0.29, 0.717) is 26.4 Å². The largest absolute Gasteiger partial charge is 0.491 e. The molecule has 1 fully saturated rings. The molecule has 2 N–H and O–H groups in total. The number of aliphatic imine (C=N–C) groups is 1.